The highest BCUT2D eigenvalue weighted by Crippen LogP contribution is 2.32. The second-order valence-electron chi connectivity index (χ2n) is 5.64. The van der Waals surface area contributed by atoms with Crippen molar-refractivity contribution in [1.29, 1.82) is 0 Å². The number of hydrogen-bond acceptors (Lipinski definition) is 4. The molecule has 0 aliphatic carbocycles. The van der Waals surface area contributed by atoms with Crippen LogP contribution in [0.5, 0.6) is 0 Å². The molecule has 0 aliphatic rings. The minimum absolute atomic E-state index is 0.126. The predicted molar refractivity (Wildman–Crippen MR) is 87.5 cm³/mol. The molecule has 0 bridgehead atoms. The zero-order valence-electron chi connectivity index (χ0n) is 13.9. The van der Waals surface area contributed by atoms with Gasteiger partial charge in [0.05, 0.1) is 0 Å². The molecule has 1 rings (SSSR count). The first-order valence-corrected chi connectivity index (χ1v) is 7.90. The molecule has 2 N–H and O–H groups in total. The lowest BCUT2D eigenvalue weighted by Crippen LogP contribution is -2.37. The summed E-state index contributed by atoms with van der Waals surface area (Å²) in [5.74, 6) is 2.32. The molecule has 0 aromatic carbocycles. The lowest BCUT2D eigenvalue weighted by Gasteiger charge is -2.33. The summed E-state index contributed by atoms with van der Waals surface area (Å²) in [6.45, 7) is 14.1. The summed E-state index contributed by atoms with van der Waals surface area (Å²) in [6, 6.07) is 0. The summed E-state index contributed by atoms with van der Waals surface area (Å²) >= 11 is 0. The van der Waals surface area contributed by atoms with Crippen LogP contribution in [0.4, 0.5) is 11.6 Å². The van der Waals surface area contributed by atoms with Gasteiger partial charge in [-0.05, 0) is 32.1 Å². The summed E-state index contributed by atoms with van der Waals surface area (Å²) in [7, 11) is 0. The highest BCUT2D eigenvalue weighted by Gasteiger charge is 2.26. The molecule has 0 saturated heterocycles. The van der Waals surface area contributed by atoms with E-state index in [1.165, 1.54) is 5.56 Å². The largest absolute Gasteiger partial charge is 0.370 e. The van der Waals surface area contributed by atoms with Crippen molar-refractivity contribution < 1.29 is 0 Å². The Balaban J connectivity index is 3.20. The van der Waals surface area contributed by atoms with Gasteiger partial charge in [-0.25, -0.2) is 9.97 Å². The van der Waals surface area contributed by atoms with Crippen LogP contribution in [0.15, 0.2) is 6.33 Å². The molecule has 114 valence electrons. The topological polar surface area (TPSA) is 49.8 Å². The molecule has 0 aliphatic heterocycles. The van der Waals surface area contributed by atoms with Gasteiger partial charge in [0.1, 0.15) is 18.0 Å². The standard InChI is InChI=1S/C16H30N4/c1-7-16(8-2,9-3)20-15-13(12(5)6)14(17-10-4)18-11-19-15/h11-12H,7-10H2,1-6H3,(H2,17,18,19,20). The average molecular weight is 278 g/mol. The van der Waals surface area contributed by atoms with Crippen molar-refractivity contribution in [3.05, 3.63) is 11.9 Å². The van der Waals surface area contributed by atoms with Crippen molar-refractivity contribution in [3.63, 3.8) is 0 Å². The van der Waals surface area contributed by atoms with E-state index in [0.29, 0.717) is 5.92 Å². The van der Waals surface area contributed by atoms with Gasteiger partial charge in [0.15, 0.2) is 0 Å². The van der Waals surface area contributed by atoms with E-state index in [9.17, 15) is 0 Å². The lowest BCUT2D eigenvalue weighted by molar-refractivity contribution is 0.418. The number of rotatable bonds is 8. The van der Waals surface area contributed by atoms with Crippen molar-refractivity contribution in [3.8, 4) is 0 Å². The van der Waals surface area contributed by atoms with E-state index in [-0.39, 0.29) is 5.54 Å². The van der Waals surface area contributed by atoms with Crippen LogP contribution < -0.4 is 10.6 Å². The third-order valence-corrected chi connectivity index (χ3v) is 4.22. The van der Waals surface area contributed by atoms with Crippen molar-refractivity contribution in [2.24, 2.45) is 0 Å². The smallest absolute Gasteiger partial charge is 0.135 e. The molecule has 4 heteroatoms. The minimum Gasteiger partial charge on any atom is -0.370 e. The number of hydrogen-bond donors (Lipinski definition) is 2. The van der Waals surface area contributed by atoms with Crippen molar-refractivity contribution in [2.45, 2.75) is 72.3 Å². The van der Waals surface area contributed by atoms with Gasteiger partial charge in [0, 0.05) is 17.6 Å². The zero-order valence-corrected chi connectivity index (χ0v) is 13.9. The van der Waals surface area contributed by atoms with Crippen molar-refractivity contribution in [2.75, 3.05) is 17.2 Å². The van der Waals surface area contributed by atoms with E-state index >= 15 is 0 Å². The Morgan fingerprint density at radius 3 is 2.00 bits per heavy atom. The summed E-state index contributed by atoms with van der Waals surface area (Å²) in [6.07, 6.45) is 4.94. The van der Waals surface area contributed by atoms with Crippen molar-refractivity contribution >= 4 is 11.6 Å². The molecule has 0 fully saturated rings. The summed E-state index contributed by atoms with van der Waals surface area (Å²) in [5, 5.41) is 7.05. The fourth-order valence-electron chi connectivity index (χ4n) is 2.62. The molecule has 0 saturated carbocycles. The normalized spacial score (nSPS) is 11.8. The molecule has 0 radical (unpaired) electrons. The van der Waals surface area contributed by atoms with E-state index in [1.54, 1.807) is 6.33 Å². The first-order chi connectivity index (χ1) is 9.53. The van der Waals surface area contributed by atoms with E-state index in [1.807, 2.05) is 0 Å². The SMILES string of the molecule is CCNc1ncnc(NC(CC)(CC)CC)c1C(C)C. The molecule has 0 atom stereocenters. The molecular weight excluding hydrogens is 248 g/mol. The Morgan fingerprint density at radius 1 is 1.00 bits per heavy atom. The monoisotopic (exact) mass is 278 g/mol. The van der Waals surface area contributed by atoms with Crippen LogP contribution in [0.2, 0.25) is 0 Å². The Bertz CT molecular complexity index is 403. The second-order valence-corrected chi connectivity index (χ2v) is 5.64. The third kappa shape index (κ3) is 3.62. The number of anilines is 2. The van der Waals surface area contributed by atoms with E-state index in [4.69, 9.17) is 0 Å². The predicted octanol–water partition coefficient (Wildman–Crippen LogP) is 4.41. The van der Waals surface area contributed by atoms with Gasteiger partial charge in [-0.1, -0.05) is 34.6 Å². The maximum absolute atomic E-state index is 4.51. The molecule has 20 heavy (non-hydrogen) atoms. The van der Waals surface area contributed by atoms with Gasteiger partial charge in [-0.3, -0.25) is 0 Å². The fourth-order valence-corrected chi connectivity index (χ4v) is 2.62. The van der Waals surface area contributed by atoms with Gasteiger partial charge in [0.25, 0.3) is 0 Å². The minimum atomic E-state index is 0.126. The number of nitrogens with zero attached hydrogens (tertiary/aromatic N) is 2. The molecule has 1 aromatic heterocycles. The molecule has 1 heterocycles. The maximum Gasteiger partial charge on any atom is 0.135 e. The Kier molecular flexibility index (Phi) is 6.24. The quantitative estimate of drug-likeness (QED) is 0.739. The maximum atomic E-state index is 4.51. The van der Waals surface area contributed by atoms with Crippen molar-refractivity contribution in [1.82, 2.24) is 9.97 Å². The number of nitrogens with one attached hydrogen (secondary N) is 2. The average Bonchev–Trinajstić information content (AvgIpc) is 2.45. The second kappa shape index (κ2) is 7.46. The van der Waals surface area contributed by atoms with Gasteiger partial charge in [-0.15, -0.1) is 0 Å². The first kappa shape index (κ1) is 16.7. The van der Waals surface area contributed by atoms with Gasteiger partial charge < -0.3 is 10.6 Å². The van der Waals surface area contributed by atoms with Crippen LogP contribution in [-0.2, 0) is 0 Å². The van der Waals surface area contributed by atoms with E-state index < -0.39 is 0 Å². The highest BCUT2D eigenvalue weighted by molar-refractivity contribution is 5.59. The van der Waals surface area contributed by atoms with Crippen LogP contribution in [0.1, 0.15) is 72.3 Å². The van der Waals surface area contributed by atoms with Crippen LogP contribution in [-0.4, -0.2) is 22.1 Å². The van der Waals surface area contributed by atoms with Gasteiger partial charge in [0.2, 0.25) is 0 Å². The molecule has 0 unspecified atom stereocenters. The Hall–Kier alpha value is -1.32. The summed E-state index contributed by atoms with van der Waals surface area (Å²) < 4.78 is 0. The molecule has 0 amide bonds. The summed E-state index contributed by atoms with van der Waals surface area (Å²) in [4.78, 5) is 8.90. The molecule has 0 spiro atoms. The Morgan fingerprint density at radius 2 is 1.55 bits per heavy atom. The van der Waals surface area contributed by atoms with Crippen LogP contribution >= 0.6 is 0 Å². The van der Waals surface area contributed by atoms with Gasteiger partial charge in [-0.2, -0.15) is 0 Å². The molecule has 4 nitrogen and oxygen atoms in total. The van der Waals surface area contributed by atoms with Crippen LogP contribution in [0, 0.1) is 0 Å². The van der Waals surface area contributed by atoms with Crippen LogP contribution in [0.25, 0.3) is 0 Å². The van der Waals surface area contributed by atoms with E-state index in [0.717, 1.165) is 37.4 Å². The first-order valence-electron chi connectivity index (χ1n) is 7.90. The third-order valence-electron chi connectivity index (χ3n) is 4.22. The fraction of sp³-hybridized carbons (Fsp3) is 0.750. The van der Waals surface area contributed by atoms with Gasteiger partial charge >= 0.3 is 0 Å². The molecule has 1 aromatic rings. The molecular formula is C16H30N4. The summed E-state index contributed by atoms with van der Waals surface area (Å²) in [5.41, 5.74) is 1.32. The van der Waals surface area contributed by atoms with E-state index in [2.05, 4.69) is 62.1 Å². The number of aromatic nitrogens is 2. The lowest BCUT2D eigenvalue weighted by atomic mass is 9.89. The van der Waals surface area contributed by atoms with Crippen LogP contribution in [0.3, 0.4) is 0 Å². The highest BCUT2D eigenvalue weighted by atomic mass is 15.1. The Labute approximate surface area is 123 Å². The zero-order chi connectivity index (χ0) is 15.2.